The Morgan fingerprint density at radius 3 is 2.53 bits per heavy atom. The van der Waals surface area contributed by atoms with Crippen molar-refractivity contribution in [3.63, 3.8) is 0 Å². The normalized spacial score (nSPS) is 11.2. The summed E-state index contributed by atoms with van der Waals surface area (Å²) in [5.74, 6) is -0.491. The number of rotatable bonds is 6. The molecule has 106 valence electrons. The second-order valence-electron chi connectivity index (χ2n) is 3.27. The molecule has 0 bridgehead atoms. The summed E-state index contributed by atoms with van der Waals surface area (Å²) in [5.41, 5.74) is 0.487. The summed E-state index contributed by atoms with van der Waals surface area (Å²) in [6.45, 7) is 0. The fourth-order valence-electron chi connectivity index (χ4n) is 1.24. The zero-order valence-corrected chi connectivity index (χ0v) is 13.1. The number of nitrogens with zero attached hydrogens (tertiary/aromatic N) is 1. The predicted molar refractivity (Wildman–Crippen MR) is 69.9 cm³/mol. The molecule has 7 nitrogen and oxygen atoms in total. The van der Waals surface area contributed by atoms with E-state index in [0.717, 1.165) is 14.2 Å². The van der Waals surface area contributed by atoms with Crippen molar-refractivity contribution in [3.8, 4) is 5.88 Å². The number of aromatic nitrogens is 1. The molecule has 0 aliphatic carbocycles. The lowest BCUT2D eigenvalue weighted by Crippen LogP contribution is -2.09. The summed E-state index contributed by atoms with van der Waals surface area (Å²) in [7, 11) is -0.154. The van der Waals surface area contributed by atoms with Crippen LogP contribution in [-0.2, 0) is 29.4 Å². The van der Waals surface area contributed by atoms with Crippen LogP contribution in [0.3, 0.4) is 0 Å². The number of carbonyl (C=O) groups is 1. The molecular weight excluding hydrogens is 341 g/mol. The maximum atomic E-state index is 11.7. The molecule has 0 aromatic carbocycles. The van der Waals surface area contributed by atoms with E-state index in [9.17, 15) is 9.36 Å². The molecule has 0 unspecified atom stereocenters. The summed E-state index contributed by atoms with van der Waals surface area (Å²) in [6, 6.07) is 1.65. The van der Waals surface area contributed by atoms with E-state index in [0.29, 0.717) is 10.0 Å². The molecule has 0 saturated heterocycles. The monoisotopic (exact) mass is 353 g/mol. The van der Waals surface area contributed by atoms with Gasteiger partial charge in [-0.15, -0.1) is 0 Å². The minimum atomic E-state index is -3.83. The summed E-state index contributed by atoms with van der Waals surface area (Å²) >= 11 is 3.23. The van der Waals surface area contributed by atoms with E-state index in [-0.39, 0.29) is 12.3 Å². The maximum absolute atomic E-state index is 11.7. The van der Waals surface area contributed by atoms with E-state index in [1.165, 1.54) is 13.3 Å². The Morgan fingerprint density at radius 2 is 2.00 bits per heavy atom. The molecule has 0 saturated carbocycles. The van der Waals surface area contributed by atoms with Gasteiger partial charge in [-0.05, 0) is 22.0 Å². The first-order valence-electron chi connectivity index (χ1n) is 5.06. The molecule has 9 heteroatoms. The highest BCUT2D eigenvalue weighted by atomic mass is 79.9. The first-order valence-corrected chi connectivity index (χ1v) is 7.31. The summed E-state index contributed by atoms with van der Waals surface area (Å²) in [4.78, 5) is 15.7. The maximum Gasteiger partial charge on any atom is 0.531 e. The lowest BCUT2D eigenvalue weighted by atomic mass is 10.2. The third-order valence-corrected chi connectivity index (χ3v) is 3.84. The number of halogens is 1. The highest BCUT2D eigenvalue weighted by Crippen LogP contribution is 2.47. The fraction of sp³-hybridized carbons (Fsp3) is 0.400. The standard InChI is InChI=1S/C10H13BrNO6P/c1-15-10-7(4-8(11)6-12-10)5-9(13)18-19(14,16-2)17-3/h4,6H,5H2,1-3H3. The van der Waals surface area contributed by atoms with Crippen molar-refractivity contribution in [3.05, 3.63) is 22.3 Å². The number of methoxy groups -OCH3 is 1. The van der Waals surface area contributed by atoms with Gasteiger partial charge in [-0.25, -0.2) is 9.55 Å². The van der Waals surface area contributed by atoms with Gasteiger partial charge in [0.1, 0.15) is 0 Å². The number of hydrogen-bond donors (Lipinski definition) is 0. The zero-order valence-electron chi connectivity index (χ0n) is 10.6. The number of ether oxygens (including phenoxy) is 1. The van der Waals surface area contributed by atoms with Crippen molar-refractivity contribution < 1.29 is 27.7 Å². The number of phosphoric ester groups is 1. The average Bonchev–Trinajstić information content (AvgIpc) is 2.38. The van der Waals surface area contributed by atoms with Crippen molar-refractivity contribution >= 4 is 29.7 Å². The Kier molecular flexibility index (Phi) is 5.93. The van der Waals surface area contributed by atoms with Gasteiger partial charge in [0.15, 0.2) is 0 Å². The van der Waals surface area contributed by atoms with Gasteiger partial charge in [0.25, 0.3) is 0 Å². The van der Waals surface area contributed by atoms with Crippen LogP contribution >= 0.6 is 23.8 Å². The topological polar surface area (TPSA) is 84.0 Å². The van der Waals surface area contributed by atoms with Crippen molar-refractivity contribution in [2.45, 2.75) is 6.42 Å². The number of phosphoric acid groups is 1. The molecule has 1 aromatic heterocycles. The van der Waals surface area contributed by atoms with Crippen LogP contribution in [0.4, 0.5) is 0 Å². The lowest BCUT2D eigenvalue weighted by Gasteiger charge is -2.13. The van der Waals surface area contributed by atoms with Gasteiger partial charge in [0.05, 0.1) is 13.5 Å². The summed E-state index contributed by atoms with van der Waals surface area (Å²) in [5, 5.41) is 0. The van der Waals surface area contributed by atoms with Crippen LogP contribution in [-0.4, -0.2) is 32.3 Å². The smallest absolute Gasteiger partial charge is 0.481 e. The average molecular weight is 354 g/mol. The van der Waals surface area contributed by atoms with E-state index in [1.807, 2.05) is 0 Å². The van der Waals surface area contributed by atoms with Crippen LogP contribution < -0.4 is 4.74 Å². The highest BCUT2D eigenvalue weighted by molar-refractivity contribution is 9.10. The Bertz CT molecular complexity index is 501. The Hall–Kier alpha value is -0.950. The molecule has 1 aromatic rings. The molecule has 0 aliphatic heterocycles. The largest absolute Gasteiger partial charge is 0.531 e. The quantitative estimate of drug-likeness (QED) is 0.725. The SMILES string of the molecule is COc1ncc(Br)cc1CC(=O)OP(=O)(OC)OC. The third kappa shape index (κ3) is 4.58. The minimum Gasteiger partial charge on any atom is -0.481 e. The van der Waals surface area contributed by atoms with Crippen LogP contribution in [0, 0.1) is 0 Å². The van der Waals surface area contributed by atoms with E-state index >= 15 is 0 Å². The van der Waals surface area contributed by atoms with Crippen LogP contribution in [0.15, 0.2) is 16.7 Å². The molecule has 0 fully saturated rings. The van der Waals surface area contributed by atoms with Gasteiger partial charge in [-0.2, -0.15) is 0 Å². The van der Waals surface area contributed by atoms with Crippen LogP contribution in [0.5, 0.6) is 5.88 Å². The molecule has 1 rings (SSSR count). The molecule has 0 aliphatic rings. The van der Waals surface area contributed by atoms with E-state index in [2.05, 4.69) is 34.5 Å². The molecule has 0 amide bonds. The van der Waals surface area contributed by atoms with Gasteiger partial charge in [-0.3, -0.25) is 13.8 Å². The zero-order chi connectivity index (χ0) is 14.5. The first-order chi connectivity index (χ1) is 8.94. The summed E-state index contributed by atoms with van der Waals surface area (Å²) < 4.78 is 31.0. The second-order valence-corrected chi connectivity index (χ2v) is 6.00. The Balaban J connectivity index is 2.82. The third-order valence-electron chi connectivity index (χ3n) is 2.08. The minimum absolute atomic E-state index is 0.174. The number of carbonyl (C=O) groups excluding carboxylic acids is 1. The van der Waals surface area contributed by atoms with Crippen LogP contribution in [0.2, 0.25) is 0 Å². The molecule has 0 atom stereocenters. The summed E-state index contributed by atoms with van der Waals surface area (Å²) in [6.07, 6.45) is 1.36. The van der Waals surface area contributed by atoms with E-state index in [1.54, 1.807) is 6.07 Å². The van der Waals surface area contributed by atoms with Crippen molar-refractivity contribution in [1.29, 1.82) is 0 Å². The molecule has 0 spiro atoms. The van der Waals surface area contributed by atoms with Gasteiger partial charge in [-0.1, -0.05) is 0 Å². The van der Waals surface area contributed by atoms with E-state index < -0.39 is 13.8 Å². The molecule has 19 heavy (non-hydrogen) atoms. The molecular formula is C10H13BrNO6P. The highest BCUT2D eigenvalue weighted by Gasteiger charge is 2.28. The second kappa shape index (κ2) is 7.00. The Labute approximate surface area is 119 Å². The van der Waals surface area contributed by atoms with Crippen molar-refractivity contribution in [2.24, 2.45) is 0 Å². The van der Waals surface area contributed by atoms with Gasteiger partial charge in [0.2, 0.25) is 5.88 Å². The van der Waals surface area contributed by atoms with Crippen LogP contribution in [0.25, 0.3) is 0 Å². The molecule has 0 radical (unpaired) electrons. The van der Waals surface area contributed by atoms with Gasteiger partial charge in [0, 0.05) is 30.5 Å². The van der Waals surface area contributed by atoms with Gasteiger partial charge >= 0.3 is 13.8 Å². The van der Waals surface area contributed by atoms with Crippen molar-refractivity contribution in [1.82, 2.24) is 4.98 Å². The Morgan fingerprint density at radius 1 is 1.37 bits per heavy atom. The van der Waals surface area contributed by atoms with E-state index in [4.69, 9.17) is 4.74 Å². The fourth-order valence-corrected chi connectivity index (χ4v) is 2.23. The van der Waals surface area contributed by atoms with Crippen LogP contribution in [0.1, 0.15) is 5.56 Å². The first kappa shape index (κ1) is 16.1. The van der Waals surface area contributed by atoms with Gasteiger partial charge < -0.3 is 9.26 Å². The number of pyridine rings is 1. The van der Waals surface area contributed by atoms with Crippen molar-refractivity contribution in [2.75, 3.05) is 21.3 Å². The lowest BCUT2D eigenvalue weighted by molar-refractivity contribution is -0.135. The molecule has 0 N–H and O–H groups in total. The predicted octanol–water partition coefficient (Wildman–Crippen LogP) is 2.34. The molecule has 1 heterocycles. The number of hydrogen-bond acceptors (Lipinski definition) is 7.